The van der Waals surface area contributed by atoms with Gasteiger partial charge in [-0.2, -0.15) is 9.97 Å². The summed E-state index contributed by atoms with van der Waals surface area (Å²) in [5, 5.41) is 3.38. The molecule has 192 valence electrons. The van der Waals surface area contributed by atoms with Gasteiger partial charge in [0.05, 0.1) is 30.8 Å². The Bertz CT molecular complexity index is 1220. The molecule has 2 aliphatic rings. The van der Waals surface area contributed by atoms with Crippen molar-refractivity contribution in [2.75, 3.05) is 57.2 Å². The molecule has 11 heteroatoms. The second-order valence-corrected chi connectivity index (χ2v) is 9.76. The minimum atomic E-state index is -2.76. The number of rotatable bonds is 9. The number of aromatic nitrogens is 4. The summed E-state index contributed by atoms with van der Waals surface area (Å²) in [5.41, 5.74) is 1.05. The van der Waals surface area contributed by atoms with E-state index in [0.29, 0.717) is 73.8 Å². The van der Waals surface area contributed by atoms with Crippen molar-refractivity contribution in [3.8, 4) is 5.82 Å². The van der Waals surface area contributed by atoms with E-state index in [0.717, 1.165) is 12.8 Å². The van der Waals surface area contributed by atoms with Crippen LogP contribution in [0.5, 0.6) is 0 Å². The monoisotopic (exact) mass is 499 g/mol. The normalized spacial score (nSPS) is 20.2. The number of halogens is 2. The lowest BCUT2D eigenvalue weighted by Gasteiger charge is -2.36. The lowest BCUT2D eigenvalue weighted by Crippen LogP contribution is -2.39. The highest BCUT2D eigenvalue weighted by atomic mass is 19.3. The topological polar surface area (TPSA) is 88.4 Å². The van der Waals surface area contributed by atoms with Gasteiger partial charge in [-0.15, -0.1) is 0 Å². The molecule has 3 aromatic rings. The third-order valence-electron chi connectivity index (χ3n) is 6.62. The standard InChI is InChI=1S/C25H31F2N7O2/c1-32(2)15-18(35)13-16-11-17(12-16)28-25-30-21(33-7-9-36-10-8-33)14-22(31-25)34-20-6-4-3-5-19(20)29-24(34)23(26)27/h3-6,14,16-17,23H,7-13,15H2,1-2H3,(H,28,30,31). The molecule has 1 saturated heterocycles. The van der Waals surface area contributed by atoms with Crippen LogP contribution in [0.25, 0.3) is 16.9 Å². The van der Waals surface area contributed by atoms with Crippen LogP contribution in [-0.2, 0) is 9.53 Å². The maximum Gasteiger partial charge on any atom is 0.296 e. The van der Waals surface area contributed by atoms with Crippen LogP contribution in [0.3, 0.4) is 0 Å². The van der Waals surface area contributed by atoms with Gasteiger partial charge in [0.25, 0.3) is 6.43 Å². The Hall–Kier alpha value is -3.18. The lowest BCUT2D eigenvalue weighted by molar-refractivity contribution is -0.121. The lowest BCUT2D eigenvalue weighted by atomic mass is 9.77. The van der Waals surface area contributed by atoms with Crippen molar-refractivity contribution >= 4 is 28.6 Å². The fraction of sp³-hybridized carbons (Fsp3) is 0.520. The highest BCUT2D eigenvalue weighted by molar-refractivity contribution is 5.81. The Morgan fingerprint density at radius 1 is 1.14 bits per heavy atom. The van der Waals surface area contributed by atoms with Crippen molar-refractivity contribution in [3.05, 3.63) is 36.2 Å². The summed E-state index contributed by atoms with van der Waals surface area (Å²) in [6.45, 7) is 2.91. The van der Waals surface area contributed by atoms with E-state index in [1.807, 2.05) is 19.0 Å². The molecule has 1 aromatic carbocycles. The van der Waals surface area contributed by atoms with E-state index < -0.39 is 6.43 Å². The number of anilines is 2. The summed E-state index contributed by atoms with van der Waals surface area (Å²) >= 11 is 0. The zero-order valence-electron chi connectivity index (χ0n) is 20.5. The summed E-state index contributed by atoms with van der Waals surface area (Å²) in [6.07, 6.45) is -0.510. The first-order valence-corrected chi connectivity index (χ1v) is 12.3. The van der Waals surface area contributed by atoms with E-state index in [1.54, 1.807) is 30.3 Å². The van der Waals surface area contributed by atoms with E-state index in [9.17, 15) is 13.6 Å². The van der Waals surface area contributed by atoms with Crippen molar-refractivity contribution in [1.29, 1.82) is 0 Å². The number of likely N-dealkylation sites (N-methyl/N-ethyl adjacent to an activating group) is 1. The summed E-state index contributed by atoms with van der Waals surface area (Å²) in [5.74, 6) is 1.60. The van der Waals surface area contributed by atoms with E-state index in [-0.39, 0.29) is 17.6 Å². The predicted octanol–water partition coefficient (Wildman–Crippen LogP) is 3.30. The van der Waals surface area contributed by atoms with Crippen molar-refractivity contribution in [3.63, 3.8) is 0 Å². The maximum atomic E-state index is 14.0. The van der Waals surface area contributed by atoms with Crippen LogP contribution in [0.15, 0.2) is 30.3 Å². The number of benzene rings is 1. The molecule has 0 spiro atoms. The van der Waals surface area contributed by atoms with Crippen LogP contribution in [0.2, 0.25) is 0 Å². The van der Waals surface area contributed by atoms with Gasteiger partial charge < -0.3 is 19.9 Å². The Balaban J connectivity index is 1.42. The average Bonchev–Trinajstić information content (AvgIpc) is 3.23. The Morgan fingerprint density at radius 3 is 2.58 bits per heavy atom. The number of alkyl halides is 2. The van der Waals surface area contributed by atoms with E-state index in [2.05, 4.69) is 20.2 Å². The van der Waals surface area contributed by atoms with Gasteiger partial charge in [0.1, 0.15) is 17.4 Å². The fourth-order valence-electron chi connectivity index (χ4n) is 4.93. The molecule has 1 aliphatic carbocycles. The summed E-state index contributed by atoms with van der Waals surface area (Å²) in [4.78, 5) is 29.6. The molecule has 5 rings (SSSR count). The quantitative estimate of drug-likeness (QED) is 0.480. The number of nitrogens with zero attached hydrogens (tertiary/aromatic N) is 6. The summed E-state index contributed by atoms with van der Waals surface area (Å²) in [6, 6.07) is 8.92. The number of fused-ring (bicyclic) bond motifs is 1. The van der Waals surface area contributed by atoms with Crippen LogP contribution >= 0.6 is 0 Å². The number of hydrogen-bond donors (Lipinski definition) is 1. The predicted molar refractivity (Wildman–Crippen MR) is 133 cm³/mol. The first-order valence-electron chi connectivity index (χ1n) is 12.3. The molecule has 0 radical (unpaired) electrons. The molecule has 0 unspecified atom stereocenters. The van der Waals surface area contributed by atoms with Gasteiger partial charge in [-0.25, -0.2) is 13.8 Å². The van der Waals surface area contributed by atoms with Crippen LogP contribution in [0, 0.1) is 5.92 Å². The van der Waals surface area contributed by atoms with Gasteiger partial charge in [-0.1, -0.05) is 12.1 Å². The molecular formula is C25H31F2N7O2. The molecular weight excluding hydrogens is 468 g/mol. The number of morpholine rings is 1. The molecule has 9 nitrogen and oxygen atoms in total. The highest BCUT2D eigenvalue weighted by Crippen LogP contribution is 2.34. The van der Waals surface area contributed by atoms with Crippen molar-refractivity contribution in [1.82, 2.24) is 24.4 Å². The Morgan fingerprint density at radius 2 is 1.86 bits per heavy atom. The molecule has 1 aliphatic heterocycles. The molecule has 3 heterocycles. The number of carbonyl (C=O) groups is 1. The van der Waals surface area contributed by atoms with Crippen LogP contribution in [-0.4, -0.2) is 83.2 Å². The third-order valence-corrected chi connectivity index (χ3v) is 6.62. The van der Waals surface area contributed by atoms with E-state index >= 15 is 0 Å². The zero-order chi connectivity index (χ0) is 25.2. The van der Waals surface area contributed by atoms with Gasteiger partial charge in [-0.05, 0) is 45.0 Å². The number of nitrogens with one attached hydrogen (secondary N) is 1. The molecule has 0 atom stereocenters. The van der Waals surface area contributed by atoms with Gasteiger partial charge >= 0.3 is 0 Å². The van der Waals surface area contributed by atoms with Gasteiger partial charge in [0.15, 0.2) is 5.82 Å². The molecule has 0 amide bonds. The molecule has 1 N–H and O–H groups in total. The smallest absolute Gasteiger partial charge is 0.296 e. The number of hydrogen-bond acceptors (Lipinski definition) is 8. The first kappa shape index (κ1) is 24.5. The van der Waals surface area contributed by atoms with Crippen molar-refractivity contribution in [2.45, 2.75) is 31.7 Å². The first-order chi connectivity index (χ1) is 17.4. The average molecular weight is 500 g/mol. The number of para-hydroxylation sites is 2. The molecule has 36 heavy (non-hydrogen) atoms. The third kappa shape index (κ3) is 5.31. The van der Waals surface area contributed by atoms with Crippen LogP contribution < -0.4 is 10.2 Å². The maximum absolute atomic E-state index is 14.0. The summed E-state index contributed by atoms with van der Waals surface area (Å²) < 4.78 is 34.9. The molecule has 2 aromatic heterocycles. The van der Waals surface area contributed by atoms with Crippen molar-refractivity contribution in [2.24, 2.45) is 5.92 Å². The van der Waals surface area contributed by atoms with Crippen LogP contribution in [0.4, 0.5) is 20.5 Å². The molecule has 1 saturated carbocycles. The second-order valence-electron chi connectivity index (χ2n) is 9.76. The fourth-order valence-corrected chi connectivity index (χ4v) is 4.93. The minimum Gasteiger partial charge on any atom is -0.378 e. The second kappa shape index (κ2) is 10.4. The van der Waals surface area contributed by atoms with E-state index in [4.69, 9.17) is 9.72 Å². The van der Waals surface area contributed by atoms with Gasteiger partial charge in [-0.3, -0.25) is 9.36 Å². The summed E-state index contributed by atoms with van der Waals surface area (Å²) in [7, 11) is 3.78. The van der Waals surface area contributed by atoms with Crippen molar-refractivity contribution < 1.29 is 18.3 Å². The Labute approximate surface area is 208 Å². The largest absolute Gasteiger partial charge is 0.378 e. The van der Waals surface area contributed by atoms with Gasteiger partial charge in [0, 0.05) is 31.6 Å². The number of ether oxygens (including phenoxy) is 1. The minimum absolute atomic E-state index is 0.129. The number of ketones is 1. The molecule has 2 fully saturated rings. The number of carbonyl (C=O) groups excluding carboxylic acids is 1. The zero-order valence-corrected chi connectivity index (χ0v) is 20.5. The van der Waals surface area contributed by atoms with Crippen LogP contribution in [0.1, 0.15) is 31.5 Å². The van der Waals surface area contributed by atoms with Gasteiger partial charge in [0.2, 0.25) is 5.95 Å². The molecule has 0 bridgehead atoms. The Kier molecular flexibility index (Phi) is 7.10. The highest BCUT2D eigenvalue weighted by Gasteiger charge is 2.32. The van der Waals surface area contributed by atoms with E-state index in [1.165, 1.54) is 4.57 Å². The SMILES string of the molecule is CN(C)CC(=O)CC1CC(Nc2nc(N3CCOCC3)cc(-n3c(C(F)F)nc4ccccc43)n2)C1. The number of imidazole rings is 1. The number of Topliss-reactive ketones (excluding diaryl/α,β-unsaturated/α-hetero) is 1.